The Kier molecular flexibility index (Phi) is 4.52. The van der Waals surface area contributed by atoms with Gasteiger partial charge in [-0.25, -0.2) is 4.98 Å². The number of imidazole rings is 1. The van der Waals surface area contributed by atoms with E-state index in [-0.39, 0.29) is 5.95 Å². The molecule has 3 rings (SSSR count). The minimum Gasteiger partial charge on any atom is -0.471 e. The van der Waals surface area contributed by atoms with Crippen LogP contribution in [-0.4, -0.2) is 37.6 Å². The van der Waals surface area contributed by atoms with Crippen molar-refractivity contribution in [3.8, 4) is 5.88 Å². The zero-order valence-corrected chi connectivity index (χ0v) is 12.7. The number of hydrogen-bond acceptors (Lipinski definition) is 7. The lowest BCUT2D eigenvalue weighted by Crippen LogP contribution is -2.25. The maximum Gasteiger partial charge on any atom is 0.245 e. The third kappa shape index (κ3) is 3.58. The van der Waals surface area contributed by atoms with Gasteiger partial charge in [-0.15, -0.1) is 0 Å². The molecule has 0 aliphatic heterocycles. The van der Waals surface area contributed by atoms with Crippen molar-refractivity contribution in [3.05, 3.63) is 41.7 Å². The minimum atomic E-state index is -0.518. The standard InChI is InChI=1S/C15H16N6O3/c16-15-20-13-12(18-8-19-13)14(21-15)24-7-10-3-1-9(2-4-10)5-17-11(23)6-22/h1-4,8,22H,5-7H2,(H,17,23)(H3,16,18,19,20,21). The molecule has 3 aromatic rings. The van der Waals surface area contributed by atoms with Crippen molar-refractivity contribution in [2.75, 3.05) is 12.3 Å². The number of nitrogen functional groups attached to an aromatic ring is 1. The van der Waals surface area contributed by atoms with Crippen LogP contribution in [-0.2, 0) is 17.9 Å². The van der Waals surface area contributed by atoms with Crippen LogP contribution in [0.15, 0.2) is 30.6 Å². The zero-order chi connectivity index (χ0) is 16.9. The fourth-order valence-corrected chi connectivity index (χ4v) is 2.09. The number of aromatic nitrogens is 4. The van der Waals surface area contributed by atoms with Gasteiger partial charge in [-0.2, -0.15) is 9.97 Å². The number of carbonyl (C=O) groups excluding carboxylic acids is 1. The van der Waals surface area contributed by atoms with E-state index in [4.69, 9.17) is 15.6 Å². The van der Waals surface area contributed by atoms with Gasteiger partial charge in [-0.1, -0.05) is 24.3 Å². The molecule has 0 radical (unpaired) electrons. The van der Waals surface area contributed by atoms with Gasteiger partial charge in [-0.3, -0.25) is 4.79 Å². The molecular formula is C15H16N6O3. The van der Waals surface area contributed by atoms with Crippen LogP contribution in [0.4, 0.5) is 5.95 Å². The van der Waals surface area contributed by atoms with Crippen LogP contribution >= 0.6 is 0 Å². The van der Waals surface area contributed by atoms with E-state index in [1.54, 1.807) is 0 Å². The fraction of sp³-hybridized carbons (Fsp3) is 0.200. The van der Waals surface area contributed by atoms with Crippen LogP contribution < -0.4 is 15.8 Å². The molecule has 5 N–H and O–H groups in total. The summed E-state index contributed by atoms with van der Waals surface area (Å²) >= 11 is 0. The van der Waals surface area contributed by atoms with Crippen molar-refractivity contribution in [2.24, 2.45) is 0 Å². The van der Waals surface area contributed by atoms with Gasteiger partial charge in [0, 0.05) is 6.54 Å². The summed E-state index contributed by atoms with van der Waals surface area (Å²) in [6.07, 6.45) is 1.50. The van der Waals surface area contributed by atoms with Crippen molar-refractivity contribution in [1.82, 2.24) is 25.3 Å². The molecule has 0 aliphatic rings. The van der Waals surface area contributed by atoms with Gasteiger partial charge in [0.05, 0.1) is 6.33 Å². The molecule has 0 aliphatic carbocycles. The third-order valence-electron chi connectivity index (χ3n) is 3.30. The number of hydrogen-bond donors (Lipinski definition) is 4. The molecule has 9 heteroatoms. The Morgan fingerprint density at radius 1 is 1.25 bits per heavy atom. The fourth-order valence-electron chi connectivity index (χ4n) is 2.09. The number of nitrogens with two attached hydrogens (primary N) is 1. The molecule has 0 saturated carbocycles. The van der Waals surface area contributed by atoms with Crippen molar-refractivity contribution in [3.63, 3.8) is 0 Å². The van der Waals surface area contributed by atoms with Gasteiger partial charge < -0.3 is 25.9 Å². The maximum absolute atomic E-state index is 11.0. The highest BCUT2D eigenvalue weighted by Crippen LogP contribution is 2.20. The normalized spacial score (nSPS) is 10.7. The SMILES string of the molecule is Nc1nc(OCc2ccc(CNC(=O)CO)cc2)c2[nH]cnc2n1. The molecule has 0 atom stereocenters. The van der Waals surface area contributed by atoms with Gasteiger partial charge in [0.1, 0.15) is 18.7 Å². The highest BCUT2D eigenvalue weighted by molar-refractivity contribution is 5.77. The Labute approximate surface area is 136 Å². The largest absolute Gasteiger partial charge is 0.471 e. The minimum absolute atomic E-state index is 0.0968. The molecule has 0 fully saturated rings. The van der Waals surface area contributed by atoms with E-state index in [1.165, 1.54) is 6.33 Å². The summed E-state index contributed by atoms with van der Waals surface area (Å²) in [6, 6.07) is 7.51. The van der Waals surface area contributed by atoms with Crippen LogP contribution in [0, 0.1) is 0 Å². The number of anilines is 1. The van der Waals surface area contributed by atoms with Crippen molar-refractivity contribution in [1.29, 1.82) is 0 Å². The number of amides is 1. The number of aliphatic hydroxyl groups excluding tert-OH is 1. The van der Waals surface area contributed by atoms with Crippen LogP contribution in [0.25, 0.3) is 11.2 Å². The Morgan fingerprint density at radius 3 is 2.75 bits per heavy atom. The molecule has 1 amide bonds. The zero-order valence-electron chi connectivity index (χ0n) is 12.7. The predicted molar refractivity (Wildman–Crippen MR) is 85.8 cm³/mol. The van der Waals surface area contributed by atoms with Gasteiger partial charge in [0.25, 0.3) is 0 Å². The van der Waals surface area contributed by atoms with Crippen LogP contribution in [0.1, 0.15) is 11.1 Å². The first-order chi connectivity index (χ1) is 11.7. The Bertz CT molecular complexity index is 846. The highest BCUT2D eigenvalue weighted by Gasteiger charge is 2.10. The average molecular weight is 328 g/mol. The van der Waals surface area contributed by atoms with Crippen LogP contribution in [0.5, 0.6) is 5.88 Å². The van der Waals surface area contributed by atoms with E-state index in [1.807, 2.05) is 24.3 Å². The first kappa shape index (κ1) is 15.7. The monoisotopic (exact) mass is 328 g/mol. The molecule has 0 bridgehead atoms. The number of carbonyl (C=O) groups is 1. The number of fused-ring (bicyclic) bond motifs is 1. The molecule has 24 heavy (non-hydrogen) atoms. The quantitative estimate of drug-likeness (QED) is 0.504. The molecule has 2 heterocycles. The first-order valence-corrected chi connectivity index (χ1v) is 7.20. The summed E-state index contributed by atoms with van der Waals surface area (Å²) in [5, 5.41) is 11.2. The van der Waals surface area contributed by atoms with Crippen molar-refractivity contribution < 1.29 is 14.6 Å². The summed E-state index contributed by atoms with van der Waals surface area (Å²) in [6.45, 7) is 0.141. The molecule has 9 nitrogen and oxygen atoms in total. The van der Waals surface area contributed by atoms with Gasteiger partial charge in [-0.05, 0) is 11.1 Å². The smallest absolute Gasteiger partial charge is 0.245 e. The Morgan fingerprint density at radius 2 is 2.00 bits per heavy atom. The van der Waals surface area contributed by atoms with Gasteiger partial charge in [0.2, 0.25) is 17.7 Å². The predicted octanol–water partition coefficient (Wildman–Crippen LogP) is 0.123. The van der Waals surface area contributed by atoms with E-state index < -0.39 is 12.5 Å². The second kappa shape index (κ2) is 6.92. The summed E-state index contributed by atoms with van der Waals surface area (Å²) in [7, 11) is 0. The second-order valence-electron chi connectivity index (χ2n) is 5.03. The lowest BCUT2D eigenvalue weighted by Gasteiger charge is -2.08. The summed E-state index contributed by atoms with van der Waals surface area (Å²) < 4.78 is 5.69. The molecule has 2 aromatic heterocycles. The maximum atomic E-state index is 11.0. The average Bonchev–Trinajstić information content (AvgIpc) is 3.06. The summed E-state index contributed by atoms with van der Waals surface area (Å²) in [4.78, 5) is 26.0. The summed E-state index contributed by atoms with van der Waals surface area (Å²) in [5.41, 5.74) is 8.52. The number of nitrogens with one attached hydrogen (secondary N) is 2. The van der Waals surface area contributed by atoms with Gasteiger partial charge >= 0.3 is 0 Å². The number of nitrogens with zero attached hydrogens (tertiary/aromatic N) is 3. The first-order valence-electron chi connectivity index (χ1n) is 7.20. The molecule has 0 saturated heterocycles. The molecular weight excluding hydrogens is 312 g/mol. The summed E-state index contributed by atoms with van der Waals surface area (Å²) in [5.74, 6) is 0.0289. The molecule has 1 aromatic carbocycles. The Hall–Kier alpha value is -3.20. The van der Waals surface area contributed by atoms with E-state index in [2.05, 4.69) is 25.3 Å². The topological polar surface area (TPSA) is 139 Å². The molecule has 0 spiro atoms. The Balaban J connectivity index is 1.64. The second-order valence-corrected chi connectivity index (χ2v) is 5.03. The third-order valence-corrected chi connectivity index (χ3v) is 3.30. The number of aliphatic hydroxyl groups is 1. The van der Waals surface area contributed by atoms with E-state index in [0.717, 1.165) is 11.1 Å². The van der Waals surface area contributed by atoms with Crippen LogP contribution in [0.3, 0.4) is 0 Å². The molecule has 0 unspecified atom stereocenters. The lowest BCUT2D eigenvalue weighted by molar-refractivity contribution is -0.123. The number of rotatable bonds is 6. The van der Waals surface area contributed by atoms with Gasteiger partial charge in [0.15, 0.2) is 5.65 Å². The number of ether oxygens (including phenoxy) is 1. The van der Waals surface area contributed by atoms with E-state index in [9.17, 15) is 4.79 Å². The lowest BCUT2D eigenvalue weighted by atomic mass is 10.1. The van der Waals surface area contributed by atoms with E-state index >= 15 is 0 Å². The van der Waals surface area contributed by atoms with Crippen molar-refractivity contribution in [2.45, 2.75) is 13.2 Å². The number of benzene rings is 1. The van der Waals surface area contributed by atoms with Crippen molar-refractivity contribution >= 4 is 23.0 Å². The number of aromatic amines is 1. The van der Waals surface area contributed by atoms with E-state index in [0.29, 0.717) is 30.2 Å². The number of H-pyrrole nitrogens is 1. The highest BCUT2D eigenvalue weighted by atomic mass is 16.5. The molecule has 124 valence electrons. The van der Waals surface area contributed by atoms with Crippen LogP contribution in [0.2, 0.25) is 0 Å².